The van der Waals surface area contributed by atoms with E-state index in [1.165, 1.54) is 12.1 Å². The van der Waals surface area contributed by atoms with Crippen LogP contribution in [0, 0.1) is 12.7 Å². The molecule has 2 heterocycles. The van der Waals surface area contributed by atoms with Crippen LogP contribution < -0.4 is 5.32 Å². The Morgan fingerprint density at radius 1 is 1.29 bits per heavy atom. The molecule has 0 aliphatic rings. The van der Waals surface area contributed by atoms with Gasteiger partial charge in [-0.25, -0.2) is 14.1 Å². The number of nitrogens with one attached hydrogen (secondary N) is 1. The van der Waals surface area contributed by atoms with Crippen LogP contribution in [-0.2, 0) is 0 Å². The maximum atomic E-state index is 13.0. The third-order valence-electron chi connectivity index (χ3n) is 3.19. The van der Waals surface area contributed by atoms with Gasteiger partial charge < -0.3 is 5.32 Å². The summed E-state index contributed by atoms with van der Waals surface area (Å²) in [6.45, 7) is 4.87. The minimum Gasteiger partial charge on any atom is -0.362 e. The van der Waals surface area contributed by atoms with Crippen LogP contribution in [0.3, 0.4) is 0 Å². The minimum atomic E-state index is -0.251. The second-order valence-electron chi connectivity index (χ2n) is 4.60. The first-order chi connectivity index (χ1) is 10.2. The zero-order valence-corrected chi connectivity index (χ0v) is 12.6. The number of nitrogens with zero attached hydrogens (tertiary/aromatic N) is 3. The molecule has 108 valence electrons. The number of benzene rings is 1. The summed E-state index contributed by atoms with van der Waals surface area (Å²) in [6.07, 6.45) is 1.80. The third-order valence-corrected chi connectivity index (χ3v) is 3.99. The van der Waals surface area contributed by atoms with Crippen molar-refractivity contribution in [3.63, 3.8) is 0 Å². The molecule has 0 bridgehead atoms. The van der Waals surface area contributed by atoms with E-state index in [9.17, 15) is 4.39 Å². The van der Waals surface area contributed by atoms with Crippen molar-refractivity contribution in [1.82, 2.24) is 14.8 Å². The van der Waals surface area contributed by atoms with E-state index in [1.54, 1.807) is 34.3 Å². The quantitative estimate of drug-likeness (QED) is 0.795. The highest BCUT2D eigenvalue weighted by atomic mass is 32.1. The molecular weight excluding hydrogens is 287 g/mol. The molecule has 6 heteroatoms. The molecule has 0 atom stereocenters. The summed E-state index contributed by atoms with van der Waals surface area (Å²) in [7, 11) is 0. The lowest BCUT2D eigenvalue weighted by Gasteiger charge is -2.04. The average Bonchev–Trinajstić information content (AvgIpc) is 3.07. The fraction of sp³-hybridized carbons (Fsp3) is 0.200. The van der Waals surface area contributed by atoms with E-state index >= 15 is 0 Å². The Bertz CT molecular complexity index is 745. The first kappa shape index (κ1) is 13.8. The molecule has 0 radical (unpaired) electrons. The van der Waals surface area contributed by atoms with Crippen molar-refractivity contribution < 1.29 is 4.39 Å². The Balaban J connectivity index is 1.96. The second-order valence-corrected chi connectivity index (χ2v) is 5.46. The van der Waals surface area contributed by atoms with Crippen LogP contribution in [0.2, 0.25) is 0 Å². The summed E-state index contributed by atoms with van der Waals surface area (Å²) in [4.78, 5) is 4.55. The van der Waals surface area contributed by atoms with Crippen LogP contribution in [0.15, 0.2) is 35.8 Å². The number of hydrogen-bond acceptors (Lipinski definition) is 4. The van der Waals surface area contributed by atoms with E-state index < -0.39 is 0 Å². The van der Waals surface area contributed by atoms with Gasteiger partial charge in [0, 0.05) is 17.5 Å². The summed E-state index contributed by atoms with van der Waals surface area (Å²) in [6, 6.07) is 6.29. The average molecular weight is 302 g/mol. The number of aromatic nitrogens is 3. The van der Waals surface area contributed by atoms with Crippen molar-refractivity contribution in [2.75, 3.05) is 11.9 Å². The summed E-state index contributed by atoms with van der Waals surface area (Å²) in [5, 5.41) is 10.5. The van der Waals surface area contributed by atoms with Gasteiger partial charge in [-0.15, -0.1) is 11.3 Å². The van der Waals surface area contributed by atoms with Crippen LogP contribution >= 0.6 is 11.3 Å². The van der Waals surface area contributed by atoms with Crippen molar-refractivity contribution in [3.05, 3.63) is 47.4 Å². The highest BCUT2D eigenvalue weighted by Gasteiger charge is 2.13. The van der Waals surface area contributed by atoms with E-state index in [1.807, 2.05) is 19.2 Å². The lowest BCUT2D eigenvalue weighted by Crippen LogP contribution is -1.99. The van der Waals surface area contributed by atoms with Gasteiger partial charge in [0.2, 0.25) is 0 Å². The lowest BCUT2D eigenvalue weighted by atomic mass is 10.2. The van der Waals surface area contributed by atoms with Gasteiger partial charge in [0.25, 0.3) is 0 Å². The van der Waals surface area contributed by atoms with Crippen LogP contribution in [0.4, 0.5) is 9.52 Å². The fourth-order valence-corrected chi connectivity index (χ4v) is 2.92. The monoisotopic (exact) mass is 302 g/mol. The number of anilines is 1. The van der Waals surface area contributed by atoms with Crippen molar-refractivity contribution >= 4 is 16.5 Å². The maximum absolute atomic E-state index is 13.0. The Labute approximate surface area is 126 Å². The number of rotatable bonds is 4. The molecule has 21 heavy (non-hydrogen) atoms. The summed E-state index contributed by atoms with van der Waals surface area (Å²) >= 11 is 1.58. The summed E-state index contributed by atoms with van der Waals surface area (Å²) in [5.74, 6) is -0.251. The van der Waals surface area contributed by atoms with Gasteiger partial charge in [-0.05, 0) is 38.1 Å². The van der Waals surface area contributed by atoms with Crippen LogP contribution in [0.5, 0.6) is 0 Å². The summed E-state index contributed by atoms with van der Waals surface area (Å²) < 4.78 is 14.8. The van der Waals surface area contributed by atoms with E-state index in [4.69, 9.17) is 0 Å². The molecule has 0 spiro atoms. The highest BCUT2D eigenvalue weighted by Crippen LogP contribution is 2.28. The normalized spacial score (nSPS) is 10.8. The zero-order chi connectivity index (χ0) is 14.8. The molecule has 3 rings (SSSR count). The van der Waals surface area contributed by atoms with E-state index in [0.717, 1.165) is 34.3 Å². The molecule has 0 amide bonds. The Morgan fingerprint density at radius 2 is 2.05 bits per heavy atom. The molecule has 0 aliphatic heterocycles. The van der Waals surface area contributed by atoms with Crippen LogP contribution in [0.25, 0.3) is 16.9 Å². The molecule has 4 nitrogen and oxygen atoms in total. The van der Waals surface area contributed by atoms with Gasteiger partial charge in [0.05, 0.1) is 23.3 Å². The van der Waals surface area contributed by atoms with Gasteiger partial charge in [0.15, 0.2) is 5.13 Å². The Hall–Kier alpha value is -2.21. The number of thiazole rings is 1. The van der Waals surface area contributed by atoms with Gasteiger partial charge in [-0.2, -0.15) is 5.10 Å². The van der Waals surface area contributed by atoms with Gasteiger partial charge in [0.1, 0.15) is 5.82 Å². The molecule has 1 N–H and O–H groups in total. The fourth-order valence-electron chi connectivity index (χ4n) is 2.13. The largest absolute Gasteiger partial charge is 0.362 e. The van der Waals surface area contributed by atoms with E-state index in [2.05, 4.69) is 15.4 Å². The standard InChI is InChI=1S/C15H15FN4S/c1-3-17-15-19-14(9-21-15)13-8-18-20(10(13)2)12-6-4-11(16)5-7-12/h4-9H,3H2,1-2H3,(H,17,19). The maximum Gasteiger partial charge on any atom is 0.183 e. The topological polar surface area (TPSA) is 42.7 Å². The zero-order valence-electron chi connectivity index (χ0n) is 11.8. The van der Waals surface area contributed by atoms with Crippen molar-refractivity contribution in [3.8, 4) is 16.9 Å². The first-order valence-electron chi connectivity index (χ1n) is 6.69. The van der Waals surface area contributed by atoms with Crippen molar-refractivity contribution in [2.24, 2.45) is 0 Å². The number of halogens is 1. The molecule has 0 unspecified atom stereocenters. The van der Waals surface area contributed by atoms with Gasteiger partial charge in [-0.1, -0.05) is 0 Å². The van der Waals surface area contributed by atoms with Gasteiger partial charge in [-0.3, -0.25) is 0 Å². The van der Waals surface area contributed by atoms with Crippen LogP contribution in [-0.4, -0.2) is 21.3 Å². The second kappa shape index (κ2) is 5.65. The molecule has 1 aromatic carbocycles. The minimum absolute atomic E-state index is 0.251. The molecule has 3 aromatic rings. The molecule has 0 saturated heterocycles. The van der Waals surface area contributed by atoms with Crippen molar-refractivity contribution in [2.45, 2.75) is 13.8 Å². The SMILES string of the molecule is CCNc1nc(-c2cnn(-c3ccc(F)cc3)c2C)cs1. The predicted molar refractivity (Wildman–Crippen MR) is 83.5 cm³/mol. The molecule has 0 saturated carbocycles. The third kappa shape index (κ3) is 2.67. The van der Waals surface area contributed by atoms with Crippen molar-refractivity contribution in [1.29, 1.82) is 0 Å². The first-order valence-corrected chi connectivity index (χ1v) is 7.57. The molecular formula is C15H15FN4S. The number of hydrogen-bond donors (Lipinski definition) is 1. The van der Waals surface area contributed by atoms with Gasteiger partial charge >= 0.3 is 0 Å². The predicted octanol–water partition coefficient (Wildman–Crippen LogP) is 3.88. The van der Waals surface area contributed by atoms with E-state index in [-0.39, 0.29) is 5.82 Å². The van der Waals surface area contributed by atoms with E-state index in [0.29, 0.717) is 0 Å². The lowest BCUT2D eigenvalue weighted by molar-refractivity contribution is 0.627. The Morgan fingerprint density at radius 3 is 2.76 bits per heavy atom. The molecule has 0 aliphatic carbocycles. The van der Waals surface area contributed by atoms with Crippen LogP contribution in [0.1, 0.15) is 12.6 Å². The highest BCUT2D eigenvalue weighted by molar-refractivity contribution is 7.14. The Kier molecular flexibility index (Phi) is 3.70. The molecule has 0 fully saturated rings. The summed E-state index contributed by atoms with van der Waals surface area (Å²) in [5.41, 5.74) is 3.71. The smallest absolute Gasteiger partial charge is 0.183 e. The molecule has 2 aromatic heterocycles.